The molecule has 0 heterocycles. The summed E-state index contributed by atoms with van der Waals surface area (Å²) in [6, 6.07) is 11.6. The SMILES string of the molecule is CC(=O)c1ccccc1Nc1ccccc1C(F)(F)F. The van der Waals surface area contributed by atoms with Crippen molar-refractivity contribution in [3.05, 3.63) is 59.7 Å². The Morgan fingerprint density at radius 1 is 0.950 bits per heavy atom. The molecule has 2 aromatic carbocycles. The van der Waals surface area contributed by atoms with Crippen LogP contribution in [0.25, 0.3) is 0 Å². The minimum absolute atomic E-state index is 0.0753. The van der Waals surface area contributed by atoms with Crippen molar-refractivity contribution in [2.75, 3.05) is 5.32 Å². The molecular formula is C15H12F3NO. The molecule has 0 spiro atoms. The number of halogens is 3. The first-order valence-electron chi connectivity index (χ1n) is 5.93. The molecular weight excluding hydrogens is 267 g/mol. The molecule has 5 heteroatoms. The second-order valence-corrected chi connectivity index (χ2v) is 4.27. The van der Waals surface area contributed by atoms with Crippen LogP contribution in [-0.4, -0.2) is 5.78 Å². The fourth-order valence-corrected chi connectivity index (χ4v) is 1.88. The van der Waals surface area contributed by atoms with Gasteiger partial charge < -0.3 is 5.32 Å². The Bertz CT molecular complexity index is 635. The average molecular weight is 279 g/mol. The van der Waals surface area contributed by atoms with E-state index in [1.54, 1.807) is 24.3 Å². The zero-order valence-corrected chi connectivity index (χ0v) is 10.7. The van der Waals surface area contributed by atoms with Gasteiger partial charge in [0.05, 0.1) is 11.3 Å². The Morgan fingerprint density at radius 3 is 2.10 bits per heavy atom. The van der Waals surface area contributed by atoms with Gasteiger partial charge in [-0.15, -0.1) is 0 Å². The monoisotopic (exact) mass is 279 g/mol. The molecule has 2 nitrogen and oxygen atoms in total. The highest BCUT2D eigenvalue weighted by molar-refractivity contribution is 6.00. The fraction of sp³-hybridized carbons (Fsp3) is 0.133. The predicted octanol–water partition coefficient (Wildman–Crippen LogP) is 4.65. The number of nitrogens with one attached hydrogen (secondary N) is 1. The summed E-state index contributed by atoms with van der Waals surface area (Å²) in [5.41, 5.74) is -0.131. The molecule has 0 amide bonds. The van der Waals surface area contributed by atoms with Crippen molar-refractivity contribution in [2.24, 2.45) is 0 Å². The molecule has 0 saturated heterocycles. The highest BCUT2D eigenvalue weighted by Crippen LogP contribution is 2.36. The number of rotatable bonds is 3. The molecule has 104 valence electrons. The number of carbonyl (C=O) groups excluding carboxylic acids is 1. The van der Waals surface area contributed by atoms with E-state index in [4.69, 9.17) is 0 Å². The number of anilines is 2. The van der Waals surface area contributed by atoms with Crippen molar-refractivity contribution in [3.8, 4) is 0 Å². The van der Waals surface area contributed by atoms with Gasteiger partial charge in [-0.3, -0.25) is 4.79 Å². The van der Waals surface area contributed by atoms with Crippen molar-refractivity contribution in [1.82, 2.24) is 0 Å². The van der Waals surface area contributed by atoms with Gasteiger partial charge in [-0.25, -0.2) is 0 Å². The van der Waals surface area contributed by atoms with Crippen molar-refractivity contribution in [3.63, 3.8) is 0 Å². The standard InChI is InChI=1S/C15H12F3NO/c1-10(20)11-6-2-4-8-13(11)19-14-9-5-3-7-12(14)15(16,17)18/h2-9,19H,1H3. The van der Waals surface area contributed by atoms with E-state index in [-0.39, 0.29) is 11.5 Å². The molecule has 1 N–H and O–H groups in total. The van der Waals surface area contributed by atoms with E-state index in [0.717, 1.165) is 6.07 Å². The van der Waals surface area contributed by atoms with Crippen LogP contribution in [0.5, 0.6) is 0 Å². The number of hydrogen-bond donors (Lipinski definition) is 1. The summed E-state index contributed by atoms with van der Waals surface area (Å²) in [6.07, 6.45) is -4.45. The highest BCUT2D eigenvalue weighted by Gasteiger charge is 2.33. The van der Waals surface area contributed by atoms with Gasteiger partial charge in [0.1, 0.15) is 0 Å². The number of carbonyl (C=O) groups is 1. The molecule has 0 saturated carbocycles. The van der Waals surface area contributed by atoms with E-state index in [2.05, 4.69) is 5.32 Å². The average Bonchev–Trinajstić information content (AvgIpc) is 2.38. The summed E-state index contributed by atoms with van der Waals surface area (Å²) in [5.74, 6) is -0.211. The third kappa shape index (κ3) is 2.99. The number of hydrogen-bond acceptors (Lipinski definition) is 2. The first-order valence-corrected chi connectivity index (χ1v) is 5.93. The minimum Gasteiger partial charge on any atom is -0.354 e. The van der Waals surface area contributed by atoms with Crippen LogP contribution in [0.4, 0.5) is 24.5 Å². The van der Waals surface area contributed by atoms with Gasteiger partial charge in [0, 0.05) is 11.3 Å². The Labute approximate surface area is 114 Å². The number of ketones is 1. The summed E-state index contributed by atoms with van der Waals surface area (Å²) >= 11 is 0. The third-order valence-electron chi connectivity index (χ3n) is 2.81. The summed E-state index contributed by atoms with van der Waals surface area (Å²) in [6.45, 7) is 1.37. The smallest absolute Gasteiger partial charge is 0.354 e. The number of para-hydroxylation sites is 2. The topological polar surface area (TPSA) is 29.1 Å². The molecule has 0 aliphatic rings. The van der Waals surface area contributed by atoms with Crippen LogP contribution in [0.1, 0.15) is 22.8 Å². The molecule has 0 bridgehead atoms. The third-order valence-corrected chi connectivity index (χ3v) is 2.81. The van der Waals surface area contributed by atoms with E-state index in [0.29, 0.717) is 11.3 Å². The van der Waals surface area contributed by atoms with Gasteiger partial charge >= 0.3 is 6.18 Å². The summed E-state index contributed by atoms with van der Waals surface area (Å²) in [7, 11) is 0. The van der Waals surface area contributed by atoms with Gasteiger partial charge in [0.15, 0.2) is 5.78 Å². The van der Waals surface area contributed by atoms with E-state index < -0.39 is 11.7 Å². The molecule has 0 aliphatic heterocycles. The highest BCUT2D eigenvalue weighted by atomic mass is 19.4. The summed E-state index contributed by atoms with van der Waals surface area (Å²) < 4.78 is 38.7. The van der Waals surface area contributed by atoms with Crippen LogP contribution in [0.15, 0.2) is 48.5 Å². The molecule has 0 radical (unpaired) electrons. The maximum Gasteiger partial charge on any atom is 0.418 e. The lowest BCUT2D eigenvalue weighted by Gasteiger charge is -2.15. The first-order chi connectivity index (χ1) is 9.39. The van der Waals surface area contributed by atoms with E-state index >= 15 is 0 Å². The number of Topliss-reactive ketones (excluding diaryl/α,β-unsaturated/α-hetero) is 1. The Morgan fingerprint density at radius 2 is 1.50 bits per heavy atom. The summed E-state index contributed by atoms with van der Waals surface area (Å²) in [5, 5.41) is 2.69. The number of benzene rings is 2. The number of alkyl halides is 3. The molecule has 2 rings (SSSR count). The zero-order valence-electron chi connectivity index (χ0n) is 10.7. The second kappa shape index (κ2) is 5.36. The van der Waals surface area contributed by atoms with Gasteiger partial charge in [0.25, 0.3) is 0 Å². The van der Waals surface area contributed by atoms with Gasteiger partial charge in [-0.1, -0.05) is 24.3 Å². The lowest BCUT2D eigenvalue weighted by Crippen LogP contribution is -2.09. The lowest BCUT2D eigenvalue weighted by molar-refractivity contribution is -0.136. The predicted molar refractivity (Wildman–Crippen MR) is 71.2 cm³/mol. The molecule has 0 atom stereocenters. The van der Waals surface area contributed by atoms with Gasteiger partial charge in [-0.05, 0) is 31.2 Å². The zero-order chi connectivity index (χ0) is 14.8. The second-order valence-electron chi connectivity index (χ2n) is 4.27. The molecule has 2 aromatic rings. The van der Waals surface area contributed by atoms with Crippen LogP contribution in [0, 0.1) is 0 Å². The van der Waals surface area contributed by atoms with Crippen molar-refractivity contribution < 1.29 is 18.0 Å². The maximum absolute atomic E-state index is 12.9. The molecule has 0 unspecified atom stereocenters. The lowest BCUT2D eigenvalue weighted by atomic mass is 10.1. The molecule has 0 aliphatic carbocycles. The molecule has 0 aromatic heterocycles. The van der Waals surface area contributed by atoms with Gasteiger partial charge in [0.2, 0.25) is 0 Å². The van der Waals surface area contributed by atoms with E-state index in [1.807, 2.05) is 0 Å². The first kappa shape index (κ1) is 14.1. The Kier molecular flexibility index (Phi) is 3.79. The van der Waals surface area contributed by atoms with Crippen molar-refractivity contribution >= 4 is 17.2 Å². The van der Waals surface area contributed by atoms with Crippen molar-refractivity contribution in [2.45, 2.75) is 13.1 Å². The van der Waals surface area contributed by atoms with E-state index in [1.165, 1.54) is 25.1 Å². The van der Waals surface area contributed by atoms with Crippen LogP contribution < -0.4 is 5.32 Å². The maximum atomic E-state index is 12.9. The largest absolute Gasteiger partial charge is 0.418 e. The van der Waals surface area contributed by atoms with Crippen LogP contribution in [-0.2, 0) is 6.18 Å². The fourth-order valence-electron chi connectivity index (χ4n) is 1.88. The normalized spacial score (nSPS) is 11.2. The van der Waals surface area contributed by atoms with E-state index in [9.17, 15) is 18.0 Å². The van der Waals surface area contributed by atoms with Crippen LogP contribution in [0.3, 0.4) is 0 Å². The summed E-state index contributed by atoms with van der Waals surface area (Å²) in [4.78, 5) is 11.5. The van der Waals surface area contributed by atoms with Crippen LogP contribution in [0.2, 0.25) is 0 Å². The van der Waals surface area contributed by atoms with Crippen LogP contribution >= 0.6 is 0 Å². The minimum atomic E-state index is -4.45. The molecule has 0 fully saturated rings. The molecule has 20 heavy (non-hydrogen) atoms. The quantitative estimate of drug-likeness (QED) is 0.828. The Balaban J connectivity index is 2.44. The van der Waals surface area contributed by atoms with Crippen molar-refractivity contribution in [1.29, 1.82) is 0 Å². The van der Waals surface area contributed by atoms with Gasteiger partial charge in [-0.2, -0.15) is 13.2 Å². The Hall–Kier alpha value is -2.30.